The SMILES string of the molecule is CCOC(CNc1cnn(C)c(=O)c1Cl)c1ccccc1. The molecule has 0 aliphatic carbocycles. The predicted octanol–water partition coefficient (Wildman–Crippen LogP) is 2.62. The highest BCUT2D eigenvalue weighted by molar-refractivity contribution is 6.32. The average molecular weight is 308 g/mol. The van der Waals surface area contributed by atoms with Crippen LogP contribution in [-0.2, 0) is 11.8 Å². The van der Waals surface area contributed by atoms with E-state index in [0.717, 1.165) is 5.56 Å². The van der Waals surface area contributed by atoms with Crippen LogP contribution in [0.25, 0.3) is 0 Å². The third-order valence-corrected chi connectivity index (χ3v) is 3.46. The van der Waals surface area contributed by atoms with Crippen LogP contribution in [0.5, 0.6) is 0 Å². The second-order valence-electron chi connectivity index (χ2n) is 4.54. The Morgan fingerprint density at radius 1 is 1.38 bits per heavy atom. The Kier molecular flexibility index (Phi) is 5.36. The number of aryl methyl sites for hydroxylation is 1. The number of nitrogens with zero attached hydrogens (tertiary/aromatic N) is 2. The van der Waals surface area contributed by atoms with Crippen LogP contribution in [0.2, 0.25) is 5.02 Å². The van der Waals surface area contributed by atoms with Crippen LogP contribution < -0.4 is 10.9 Å². The lowest BCUT2D eigenvalue weighted by Crippen LogP contribution is -2.23. The number of nitrogens with one attached hydrogen (secondary N) is 1. The summed E-state index contributed by atoms with van der Waals surface area (Å²) < 4.78 is 6.93. The first-order chi connectivity index (χ1) is 10.1. The first-order valence-electron chi connectivity index (χ1n) is 6.75. The van der Waals surface area contributed by atoms with E-state index in [4.69, 9.17) is 16.3 Å². The molecule has 1 heterocycles. The fourth-order valence-corrected chi connectivity index (χ4v) is 2.22. The second-order valence-corrected chi connectivity index (χ2v) is 4.91. The molecule has 21 heavy (non-hydrogen) atoms. The lowest BCUT2D eigenvalue weighted by Gasteiger charge is -2.19. The maximum Gasteiger partial charge on any atom is 0.287 e. The van der Waals surface area contributed by atoms with Crippen molar-refractivity contribution in [1.29, 1.82) is 0 Å². The molecular formula is C15H18ClN3O2. The van der Waals surface area contributed by atoms with E-state index in [0.29, 0.717) is 18.8 Å². The minimum atomic E-state index is -0.325. The molecule has 0 fully saturated rings. The van der Waals surface area contributed by atoms with Crippen LogP contribution in [0, 0.1) is 0 Å². The van der Waals surface area contributed by atoms with Crippen LogP contribution in [0.15, 0.2) is 41.3 Å². The van der Waals surface area contributed by atoms with Gasteiger partial charge in [0.2, 0.25) is 0 Å². The van der Waals surface area contributed by atoms with Crippen LogP contribution in [-0.4, -0.2) is 22.9 Å². The molecule has 5 nitrogen and oxygen atoms in total. The van der Waals surface area contributed by atoms with Gasteiger partial charge in [0.15, 0.2) is 0 Å². The van der Waals surface area contributed by atoms with Crippen LogP contribution in [0.4, 0.5) is 5.69 Å². The maximum atomic E-state index is 11.7. The molecule has 6 heteroatoms. The van der Waals surface area contributed by atoms with Crippen molar-refractivity contribution >= 4 is 17.3 Å². The summed E-state index contributed by atoms with van der Waals surface area (Å²) in [5, 5.41) is 7.22. The smallest absolute Gasteiger partial charge is 0.287 e. The third kappa shape index (κ3) is 3.83. The van der Waals surface area contributed by atoms with Gasteiger partial charge in [-0.05, 0) is 12.5 Å². The fraction of sp³-hybridized carbons (Fsp3) is 0.333. The molecular weight excluding hydrogens is 290 g/mol. The van der Waals surface area contributed by atoms with Gasteiger partial charge in [-0.15, -0.1) is 0 Å². The van der Waals surface area contributed by atoms with Crippen molar-refractivity contribution in [1.82, 2.24) is 9.78 Å². The monoisotopic (exact) mass is 307 g/mol. The summed E-state index contributed by atoms with van der Waals surface area (Å²) in [5.41, 5.74) is 1.26. The van der Waals surface area contributed by atoms with E-state index in [-0.39, 0.29) is 16.7 Å². The highest BCUT2D eigenvalue weighted by Crippen LogP contribution is 2.20. The first kappa shape index (κ1) is 15.5. The lowest BCUT2D eigenvalue weighted by molar-refractivity contribution is 0.0719. The quantitative estimate of drug-likeness (QED) is 0.891. The van der Waals surface area contributed by atoms with E-state index in [1.54, 1.807) is 7.05 Å². The van der Waals surface area contributed by atoms with E-state index < -0.39 is 0 Å². The Hall–Kier alpha value is -1.85. The molecule has 0 spiro atoms. The van der Waals surface area contributed by atoms with Gasteiger partial charge in [0.25, 0.3) is 5.56 Å². The first-order valence-corrected chi connectivity index (χ1v) is 7.13. The van der Waals surface area contributed by atoms with E-state index in [1.807, 2.05) is 37.3 Å². The predicted molar refractivity (Wildman–Crippen MR) is 83.8 cm³/mol. The summed E-state index contributed by atoms with van der Waals surface area (Å²) in [6.07, 6.45) is 1.42. The van der Waals surface area contributed by atoms with Crippen molar-refractivity contribution in [2.24, 2.45) is 7.05 Å². The van der Waals surface area contributed by atoms with Crippen molar-refractivity contribution in [3.8, 4) is 0 Å². The van der Waals surface area contributed by atoms with Crippen LogP contribution in [0.1, 0.15) is 18.6 Å². The largest absolute Gasteiger partial charge is 0.379 e. The van der Waals surface area contributed by atoms with Gasteiger partial charge >= 0.3 is 0 Å². The molecule has 0 bridgehead atoms. The number of hydrogen-bond donors (Lipinski definition) is 1. The molecule has 2 aromatic rings. The Balaban J connectivity index is 2.13. The normalized spacial score (nSPS) is 12.1. The highest BCUT2D eigenvalue weighted by Gasteiger charge is 2.13. The summed E-state index contributed by atoms with van der Waals surface area (Å²) in [5.74, 6) is 0. The minimum Gasteiger partial charge on any atom is -0.379 e. The molecule has 112 valence electrons. The summed E-state index contributed by atoms with van der Waals surface area (Å²) in [4.78, 5) is 11.7. The van der Waals surface area contributed by atoms with E-state index in [2.05, 4.69) is 10.4 Å². The number of hydrogen-bond acceptors (Lipinski definition) is 4. The van der Waals surface area contributed by atoms with Gasteiger partial charge in [-0.2, -0.15) is 5.10 Å². The third-order valence-electron chi connectivity index (χ3n) is 3.10. The molecule has 0 saturated heterocycles. The van der Waals surface area contributed by atoms with Gasteiger partial charge in [0.05, 0.1) is 18.0 Å². The van der Waals surface area contributed by atoms with Crippen LogP contribution in [0.3, 0.4) is 0 Å². The molecule has 0 aliphatic heterocycles. The number of aromatic nitrogens is 2. The lowest BCUT2D eigenvalue weighted by atomic mass is 10.1. The zero-order chi connectivity index (χ0) is 15.2. The Bertz CT molecular complexity index is 643. The number of benzene rings is 1. The van der Waals surface area contributed by atoms with Gasteiger partial charge in [0, 0.05) is 20.2 Å². The topological polar surface area (TPSA) is 56.1 Å². The molecule has 1 atom stereocenters. The molecule has 1 aromatic carbocycles. The van der Waals surface area contributed by atoms with Crippen molar-refractivity contribution in [2.75, 3.05) is 18.5 Å². The summed E-state index contributed by atoms with van der Waals surface area (Å²) in [6, 6.07) is 9.90. The maximum absolute atomic E-state index is 11.7. The van der Waals surface area contributed by atoms with Gasteiger partial charge < -0.3 is 10.1 Å². The van der Waals surface area contributed by atoms with Crippen LogP contribution >= 0.6 is 11.6 Å². The highest BCUT2D eigenvalue weighted by atomic mass is 35.5. The molecule has 1 unspecified atom stereocenters. The van der Waals surface area contributed by atoms with E-state index in [1.165, 1.54) is 10.9 Å². The number of anilines is 1. The average Bonchev–Trinajstić information content (AvgIpc) is 2.51. The molecule has 0 saturated carbocycles. The number of halogens is 1. The van der Waals surface area contributed by atoms with Gasteiger partial charge in [-0.1, -0.05) is 41.9 Å². The second kappa shape index (κ2) is 7.24. The molecule has 0 radical (unpaired) electrons. The Labute approximate surface area is 128 Å². The summed E-state index contributed by atoms with van der Waals surface area (Å²) in [7, 11) is 1.56. The Morgan fingerprint density at radius 3 is 2.76 bits per heavy atom. The molecule has 2 rings (SSSR count). The minimum absolute atomic E-state index is 0.115. The molecule has 1 aromatic heterocycles. The molecule has 1 N–H and O–H groups in total. The van der Waals surface area contributed by atoms with Gasteiger partial charge in [-0.25, -0.2) is 4.68 Å². The zero-order valence-electron chi connectivity index (χ0n) is 12.0. The van der Waals surface area contributed by atoms with E-state index >= 15 is 0 Å². The number of rotatable bonds is 6. The van der Waals surface area contributed by atoms with Crippen molar-refractivity contribution in [3.05, 3.63) is 57.5 Å². The molecule has 0 aliphatic rings. The fourth-order valence-electron chi connectivity index (χ4n) is 1.98. The number of ether oxygens (including phenoxy) is 1. The van der Waals surface area contributed by atoms with Crippen molar-refractivity contribution < 1.29 is 4.74 Å². The van der Waals surface area contributed by atoms with Gasteiger partial charge in [-0.3, -0.25) is 4.79 Å². The van der Waals surface area contributed by atoms with Crippen molar-refractivity contribution in [2.45, 2.75) is 13.0 Å². The summed E-state index contributed by atoms with van der Waals surface area (Å²) >= 11 is 6.03. The zero-order valence-corrected chi connectivity index (χ0v) is 12.8. The van der Waals surface area contributed by atoms with E-state index in [9.17, 15) is 4.79 Å². The summed E-state index contributed by atoms with van der Waals surface area (Å²) in [6.45, 7) is 3.05. The molecule has 0 amide bonds. The van der Waals surface area contributed by atoms with Crippen molar-refractivity contribution in [3.63, 3.8) is 0 Å². The van der Waals surface area contributed by atoms with Gasteiger partial charge in [0.1, 0.15) is 5.02 Å². The standard InChI is InChI=1S/C15H18ClN3O2/c1-3-21-13(11-7-5-4-6-8-11)10-17-12-9-18-19(2)15(20)14(12)16/h4-9,13,17H,3,10H2,1-2H3. The Morgan fingerprint density at radius 2 is 2.10 bits per heavy atom.